The first kappa shape index (κ1) is 19.4. The summed E-state index contributed by atoms with van der Waals surface area (Å²) < 4.78 is 5.27. The van der Waals surface area contributed by atoms with Crippen LogP contribution in [0.2, 0.25) is 0 Å². The molecule has 1 saturated heterocycles. The van der Waals surface area contributed by atoms with Gasteiger partial charge < -0.3 is 19.8 Å². The molecule has 2 aromatic carbocycles. The van der Waals surface area contributed by atoms with E-state index in [4.69, 9.17) is 4.74 Å². The average molecular weight is 369 g/mol. The summed E-state index contributed by atoms with van der Waals surface area (Å²) in [5, 5.41) is 19.4. The summed E-state index contributed by atoms with van der Waals surface area (Å²) in [6.07, 6.45) is 1.52. The molecule has 0 bridgehead atoms. The number of amides is 1. The molecule has 2 N–H and O–H groups in total. The third kappa shape index (κ3) is 4.67. The quantitative estimate of drug-likeness (QED) is 0.820. The Labute approximate surface area is 160 Å². The number of carbonyl (C=O) groups is 1. The van der Waals surface area contributed by atoms with Crippen molar-refractivity contribution in [1.29, 1.82) is 0 Å². The van der Waals surface area contributed by atoms with E-state index >= 15 is 0 Å². The van der Waals surface area contributed by atoms with Crippen LogP contribution in [0, 0.1) is 5.92 Å². The lowest BCUT2D eigenvalue weighted by atomic mass is 9.93. The molecule has 5 nitrogen and oxygen atoms in total. The molecule has 0 aromatic heterocycles. The van der Waals surface area contributed by atoms with Crippen LogP contribution in [0.4, 0.5) is 0 Å². The van der Waals surface area contributed by atoms with Crippen LogP contribution in [0.5, 0.6) is 5.75 Å². The van der Waals surface area contributed by atoms with E-state index in [2.05, 4.69) is 6.07 Å². The highest BCUT2D eigenvalue weighted by Crippen LogP contribution is 2.22. The fraction of sp³-hybridized carbons (Fsp3) is 0.409. The number of hydrogen-bond acceptors (Lipinski definition) is 4. The lowest BCUT2D eigenvalue weighted by molar-refractivity contribution is 0.000833. The number of β-amino-alcohol motifs (C(OH)–C–C–N with tert-alkyl or cyclic N) is 1. The second kappa shape index (κ2) is 9.02. The Morgan fingerprint density at radius 2 is 2.00 bits per heavy atom. The van der Waals surface area contributed by atoms with E-state index in [9.17, 15) is 15.0 Å². The van der Waals surface area contributed by atoms with Crippen molar-refractivity contribution in [3.63, 3.8) is 0 Å². The zero-order valence-electron chi connectivity index (χ0n) is 15.7. The molecular formula is C22H27NO4. The van der Waals surface area contributed by atoms with Gasteiger partial charge in [0.25, 0.3) is 5.91 Å². The fourth-order valence-corrected chi connectivity index (χ4v) is 3.60. The number of likely N-dealkylation sites (tertiary alicyclic amines) is 1. The molecule has 0 saturated carbocycles. The molecular weight excluding hydrogens is 342 g/mol. The summed E-state index contributed by atoms with van der Waals surface area (Å²) in [5.41, 5.74) is 2.86. The van der Waals surface area contributed by atoms with Gasteiger partial charge in [-0.15, -0.1) is 0 Å². The van der Waals surface area contributed by atoms with Crippen LogP contribution in [-0.2, 0) is 12.8 Å². The first-order valence-electron chi connectivity index (χ1n) is 9.41. The lowest BCUT2D eigenvalue weighted by Crippen LogP contribution is -2.47. The van der Waals surface area contributed by atoms with Crippen molar-refractivity contribution in [3.05, 3.63) is 65.2 Å². The monoisotopic (exact) mass is 369 g/mol. The zero-order valence-corrected chi connectivity index (χ0v) is 15.7. The molecule has 0 spiro atoms. The Morgan fingerprint density at radius 3 is 2.74 bits per heavy atom. The molecule has 1 aliphatic heterocycles. The van der Waals surface area contributed by atoms with Crippen molar-refractivity contribution in [2.45, 2.75) is 25.4 Å². The average Bonchev–Trinajstić information content (AvgIpc) is 2.72. The van der Waals surface area contributed by atoms with Crippen LogP contribution < -0.4 is 4.74 Å². The van der Waals surface area contributed by atoms with Crippen molar-refractivity contribution in [3.8, 4) is 5.75 Å². The number of aryl methyl sites for hydroxylation is 2. The van der Waals surface area contributed by atoms with E-state index < -0.39 is 6.10 Å². The lowest BCUT2D eigenvalue weighted by Gasteiger charge is -2.35. The minimum Gasteiger partial charge on any atom is -0.497 e. The highest BCUT2D eigenvalue weighted by molar-refractivity contribution is 5.95. The number of aliphatic hydroxyl groups excluding tert-OH is 2. The number of rotatable bonds is 6. The number of methoxy groups -OCH3 is 1. The van der Waals surface area contributed by atoms with Gasteiger partial charge in [0.2, 0.25) is 0 Å². The van der Waals surface area contributed by atoms with Crippen LogP contribution >= 0.6 is 0 Å². The largest absolute Gasteiger partial charge is 0.497 e. The third-order valence-corrected chi connectivity index (χ3v) is 5.31. The number of aliphatic hydroxyl groups is 2. The summed E-state index contributed by atoms with van der Waals surface area (Å²) in [5.74, 6) is 0.640. The van der Waals surface area contributed by atoms with E-state index in [0.717, 1.165) is 29.7 Å². The van der Waals surface area contributed by atoms with Crippen LogP contribution in [-0.4, -0.2) is 53.9 Å². The molecule has 0 unspecified atom stereocenters. The van der Waals surface area contributed by atoms with Crippen molar-refractivity contribution >= 4 is 5.91 Å². The molecule has 1 amide bonds. The number of ether oxygens (including phenoxy) is 1. The standard InChI is InChI=1S/C22H27NO4/c1-27-19-7-4-5-16(13-19)9-10-17-6-2-3-8-20(17)22(26)23-12-11-18(15-24)21(25)14-23/h2-8,13,18,21,24-25H,9-12,14-15H2,1H3/t18-,21+/m1/s1. The molecule has 2 atom stereocenters. The van der Waals surface area contributed by atoms with Gasteiger partial charge >= 0.3 is 0 Å². The van der Waals surface area contributed by atoms with E-state index in [1.54, 1.807) is 12.0 Å². The molecule has 1 heterocycles. The van der Waals surface area contributed by atoms with Gasteiger partial charge in [0.15, 0.2) is 0 Å². The first-order chi connectivity index (χ1) is 13.1. The van der Waals surface area contributed by atoms with Crippen molar-refractivity contribution < 1.29 is 19.7 Å². The molecule has 0 radical (unpaired) electrons. The normalized spacial score (nSPS) is 19.7. The van der Waals surface area contributed by atoms with Crippen molar-refractivity contribution in [1.82, 2.24) is 4.90 Å². The second-order valence-corrected chi connectivity index (χ2v) is 7.06. The number of carbonyl (C=O) groups excluding carboxylic acids is 1. The minimum absolute atomic E-state index is 0.0413. The number of piperidine rings is 1. The van der Waals surface area contributed by atoms with Gasteiger partial charge in [-0.25, -0.2) is 0 Å². The topological polar surface area (TPSA) is 70.0 Å². The third-order valence-electron chi connectivity index (χ3n) is 5.31. The summed E-state index contributed by atoms with van der Waals surface area (Å²) in [4.78, 5) is 14.7. The second-order valence-electron chi connectivity index (χ2n) is 7.06. The Kier molecular flexibility index (Phi) is 6.48. The van der Waals surface area contributed by atoms with E-state index in [0.29, 0.717) is 18.5 Å². The van der Waals surface area contributed by atoms with Gasteiger partial charge in [-0.1, -0.05) is 30.3 Å². The van der Waals surface area contributed by atoms with Gasteiger partial charge in [0.1, 0.15) is 5.75 Å². The summed E-state index contributed by atoms with van der Waals surface area (Å²) in [7, 11) is 1.65. The summed E-state index contributed by atoms with van der Waals surface area (Å²) in [6.45, 7) is 0.792. The van der Waals surface area contributed by atoms with Crippen molar-refractivity contribution in [2.24, 2.45) is 5.92 Å². The molecule has 1 aliphatic rings. The van der Waals surface area contributed by atoms with Gasteiger partial charge in [-0.2, -0.15) is 0 Å². The molecule has 1 fully saturated rings. The number of nitrogens with zero attached hydrogens (tertiary/aromatic N) is 1. The predicted molar refractivity (Wildman–Crippen MR) is 104 cm³/mol. The maximum Gasteiger partial charge on any atom is 0.254 e. The van der Waals surface area contributed by atoms with Crippen LogP contribution in [0.1, 0.15) is 27.9 Å². The van der Waals surface area contributed by atoms with Gasteiger partial charge in [0.05, 0.1) is 13.2 Å². The summed E-state index contributed by atoms with van der Waals surface area (Å²) >= 11 is 0. The van der Waals surface area contributed by atoms with Gasteiger partial charge in [-0.3, -0.25) is 4.79 Å². The van der Waals surface area contributed by atoms with Gasteiger partial charge in [0, 0.05) is 31.2 Å². The smallest absolute Gasteiger partial charge is 0.254 e. The molecule has 144 valence electrons. The number of hydrogen-bond donors (Lipinski definition) is 2. The SMILES string of the molecule is COc1cccc(CCc2ccccc2C(=O)N2CC[C@H](CO)[C@@H](O)C2)c1. The predicted octanol–water partition coefficient (Wildman–Crippen LogP) is 2.30. The highest BCUT2D eigenvalue weighted by atomic mass is 16.5. The zero-order chi connectivity index (χ0) is 19.2. The molecule has 3 rings (SSSR count). The summed E-state index contributed by atoms with van der Waals surface area (Å²) in [6, 6.07) is 15.6. The van der Waals surface area contributed by atoms with Crippen LogP contribution in [0.15, 0.2) is 48.5 Å². The van der Waals surface area contributed by atoms with Crippen molar-refractivity contribution in [2.75, 3.05) is 26.8 Å². The van der Waals surface area contributed by atoms with Gasteiger partial charge in [-0.05, 0) is 48.6 Å². The minimum atomic E-state index is -0.670. The Hall–Kier alpha value is -2.37. The maximum absolute atomic E-state index is 13.0. The Morgan fingerprint density at radius 1 is 1.19 bits per heavy atom. The first-order valence-corrected chi connectivity index (χ1v) is 9.41. The van der Waals surface area contributed by atoms with E-state index in [1.165, 1.54) is 0 Å². The van der Waals surface area contributed by atoms with E-state index in [-0.39, 0.29) is 25.0 Å². The Balaban J connectivity index is 1.71. The molecule has 5 heteroatoms. The number of benzene rings is 2. The van der Waals surface area contributed by atoms with E-state index in [1.807, 2.05) is 42.5 Å². The molecule has 27 heavy (non-hydrogen) atoms. The fourth-order valence-electron chi connectivity index (χ4n) is 3.60. The van der Waals surface area contributed by atoms with Crippen LogP contribution in [0.3, 0.4) is 0 Å². The molecule has 0 aliphatic carbocycles. The highest BCUT2D eigenvalue weighted by Gasteiger charge is 2.30. The molecule has 2 aromatic rings. The maximum atomic E-state index is 13.0. The Bertz CT molecular complexity index is 776. The van der Waals surface area contributed by atoms with Crippen LogP contribution in [0.25, 0.3) is 0 Å².